The summed E-state index contributed by atoms with van der Waals surface area (Å²) >= 11 is 6.74. The predicted octanol–water partition coefficient (Wildman–Crippen LogP) is 6.22. The van der Waals surface area contributed by atoms with E-state index in [4.69, 9.17) is 17.3 Å². The lowest BCUT2D eigenvalue weighted by Crippen LogP contribution is -2.25. The van der Waals surface area contributed by atoms with Crippen molar-refractivity contribution >= 4 is 45.9 Å². The summed E-state index contributed by atoms with van der Waals surface area (Å²) < 4.78 is 4.67. The van der Waals surface area contributed by atoms with Crippen molar-refractivity contribution < 1.29 is 14.3 Å². The number of rotatable bonds is 9. The SMILES string of the molecule is Cc1ccc(C)c(Nc2c(Cl)c(C)nc3ccc(-c4ccc(C(=O)NCCCCOC(N)=O)nc4)cc23)c1. The van der Waals surface area contributed by atoms with E-state index >= 15 is 0 Å². The molecule has 9 heteroatoms. The zero-order valence-corrected chi connectivity index (χ0v) is 22.4. The fraction of sp³-hybridized carbons (Fsp3) is 0.241. The summed E-state index contributed by atoms with van der Waals surface area (Å²) in [6.45, 7) is 6.68. The third-order valence-corrected chi connectivity index (χ3v) is 6.64. The molecule has 0 radical (unpaired) electrons. The second-order valence-electron chi connectivity index (χ2n) is 9.12. The number of pyridine rings is 2. The molecule has 0 atom stereocenters. The molecule has 0 bridgehead atoms. The lowest BCUT2D eigenvalue weighted by atomic mass is 10.0. The molecular weight excluding hydrogens is 502 g/mol. The Bertz CT molecular complexity index is 1490. The summed E-state index contributed by atoms with van der Waals surface area (Å²) in [6.07, 6.45) is 2.14. The molecule has 2 aromatic carbocycles. The molecule has 0 saturated heterocycles. The van der Waals surface area contributed by atoms with Gasteiger partial charge in [-0.05, 0) is 74.6 Å². The molecule has 0 aliphatic heterocycles. The van der Waals surface area contributed by atoms with Gasteiger partial charge in [0.25, 0.3) is 5.91 Å². The Labute approximate surface area is 226 Å². The smallest absolute Gasteiger partial charge is 0.404 e. The van der Waals surface area contributed by atoms with Crippen LogP contribution in [0.4, 0.5) is 16.2 Å². The van der Waals surface area contributed by atoms with Crippen LogP contribution < -0.4 is 16.4 Å². The third-order valence-electron chi connectivity index (χ3n) is 6.17. The van der Waals surface area contributed by atoms with Gasteiger partial charge in [-0.3, -0.25) is 14.8 Å². The molecule has 4 N–H and O–H groups in total. The lowest BCUT2D eigenvalue weighted by molar-refractivity contribution is 0.0946. The Morgan fingerprint density at radius 3 is 2.53 bits per heavy atom. The predicted molar refractivity (Wildman–Crippen MR) is 151 cm³/mol. The van der Waals surface area contributed by atoms with Gasteiger partial charge in [0, 0.05) is 29.4 Å². The Balaban J connectivity index is 1.54. The first-order chi connectivity index (χ1) is 18.2. The largest absolute Gasteiger partial charge is 0.450 e. The van der Waals surface area contributed by atoms with Crippen molar-refractivity contribution in [2.45, 2.75) is 33.6 Å². The minimum atomic E-state index is -0.798. The Hall–Kier alpha value is -4.17. The number of amides is 2. The number of nitrogens with one attached hydrogen (secondary N) is 2. The van der Waals surface area contributed by atoms with E-state index in [1.807, 2.05) is 31.2 Å². The molecule has 2 aromatic heterocycles. The number of halogens is 1. The molecule has 0 saturated carbocycles. The average molecular weight is 532 g/mol. The third kappa shape index (κ3) is 6.39. The van der Waals surface area contributed by atoms with Crippen molar-refractivity contribution in [1.29, 1.82) is 0 Å². The summed E-state index contributed by atoms with van der Waals surface area (Å²) in [7, 11) is 0. The van der Waals surface area contributed by atoms with Gasteiger partial charge in [-0.15, -0.1) is 0 Å². The summed E-state index contributed by atoms with van der Waals surface area (Å²) in [4.78, 5) is 32.0. The molecule has 0 unspecified atom stereocenters. The molecule has 0 spiro atoms. The van der Waals surface area contributed by atoms with E-state index in [2.05, 4.69) is 57.4 Å². The number of carbonyl (C=O) groups is 2. The quantitative estimate of drug-likeness (QED) is 0.220. The van der Waals surface area contributed by atoms with E-state index in [-0.39, 0.29) is 12.5 Å². The number of hydrogen-bond acceptors (Lipinski definition) is 6. The number of carbonyl (C=O) groups excluding carboxylic acids is 2. The average Bonchev–Trinajstić information content (AvgIpc) is 2.90. The van der Waals surface area contributed by atoms with Crippen LogP contribution in [0.3, 0.4) is 0 Å². The van der Waals surface area contributed by atoms with Crippen LogP contribution in [0.1, 0.15) is 40.2 Å². The van der Waals surface area contributed by atoms with Crippen molar-refractivity contribution in [2.24, 2.45) is 5.73 Å². The maximum Gasteiger partial charge on any atom is 0.404 e. The highest BCUT2D eigenvalue weighted by atomic mass is 35.5. The number of aryl methyl sites for hydroxylation is 3. The van der Waals surface area contributed by atoms with Gasteiger partial charge in [-0.2, -0.15) is 0 Å². The van der Waals surface area contributed by atoms with Gasteiger partial charge in [0.2, 0.25) is 0 Å². The number of nitrogens with zero attached hydrogens (tertiary/aromatic N) is 2. The highest BCUT2D eigenvalue weighted by Gasteiger charge is 2.14. The molecule has 196 valence electrons. The first kappa shape index (κ1) is 26.9. The van der Waals surface area contributed by atoms with Crippen LogP contribution in [0.15, 0.2) is 54.7 Å². The van der Waals surface area contributed by atoms with Crippen LogP contribution in [-0.2, 0) is 4.74 Å². The van der Waals surface area contributed by atoms with Gasteiger partial charge in [0.05, 0.1) is 28.5 Å². The maximum atomic E-state index is 12.4. The van der Waals surface area contributed by atoms with Crippen molar-refractivity contribution in [3.8, 4) is 11.1 Å². The van der Waals surface area contributed by atoms with E-state index in [0.29, 0.717) is 30.1 Å². The van der Waals surface area contributed by atoms with Gasteiger partial charge in [-0.1, -0.05) is 35.9 Å². The van der Waals surface area contributed by atoms with Crippen LogP contribution in [-0.4, -0.2) is 35.1 Å². The fourth-order valence-electron chi connectivity index (χ4n) is 4.06. The van der Waals surface area contributed by atoms with Gasteiger partial charge in [0.1, 0.15) is 5.69 Å². The second-order valence-corrected chi connectivity index (χ2v) is 9.50. The standard InChI is InChI=1S/C29H30ClN5O3/c1-17-6-7-18(2)25(14-17)35-27-22-15-20(8-10-23(22)34-19(3)26(27)30)21-9-11-24(33-16-21)28(36)32-12-4-5-13-38-29(31)37/h6-11,14-16H,4-5,12-13H2,1-3H3,(H2,31,37)(H,32,36)(H,34,35). The molecule has 8 nitrogen and oxygen atoms in total. The van der Waals surface area contributed by atoms with Crippen LogP contribution in [0.5, 0.6) is 0 Å². The number of unbranched alkanes of at least 4 members (excludes halogenated alkanes) is 1. The van der Waals surface area contributed by atoms with Gasteiger partial charge >= 0.3 is 6.09 Å². The first-order valence-corrected chi connectivity index (χ1v) is 12.7. The lowest BCUT2D eigenvalue weighted by Gasteiger charge is -2.16. The molecule has 0 aliphatic rings. The number of hydrogen-bond donors (Lipinski definition) is 3. The zero-order chi connectivity index (χ0) is 27.2. The Morgan fingerprint density at radius 1 is 1.00 bits per heavy atom. The molecule has 4 aromatic rings. The van der Waals surface area contributed by atoms with Gasteiger partial charge in [-0.25, -0.2) is 4.79 Å². The normalized spacial score (nSPS) is 10.8. The van der Waals surface area contributed by atoms with Crippen LogP contribution >= 0.6 is 11.6 Å². The molecule has 38 heavy (non-hydrogen) atoms. The van der Waals surface area contributed by atoms with Crippen LogP contribution in [0, 0.1) is 20.8 Å². The number of ether oxygens (including phenoxy) is 1. The number of primary amides is 1. The zero-order valence-electron chi connectivity index (χ0n) is 21.6. The number of anilines is 2. The molecule has 4 rings (SSSR count). The van der Waals surface area contributed by atoms with Crippen molar-refractivity contribution in [3.05, 3.63) is 82.3 Å². The van der Waals surface area contributed by atoms with Crippen LogP contribution in [0.25, 0.3) is 22.0 Å². The van der Waals surface area contributed by atoms with Crippen LogP contribution in [0.2, 0.25) is 5.02 Å². The van der Waals surface area contributed by atoms with Gasteiger partial charge < -0.3 is 21.1 Å². The Morgan fingerprint density at radius 2 is 1.79 bits per heavy atom. The summed E-state index contributed by atoms with van der Waals surface area (Å²) in [5, 5.41) is 7.81. The summed E-state index contributed by atoms with van der Waals surface area (Å²) in [6, 6.07) is 15.8. The molecular formula is C29H30ClN5O3. The summed E-state index contributed by atoms with van der Waals surface area (Å²) in [5.74, 6) is -0.266. The van der Waals surface area contributed by atoms with E-state index in [1.54, 1.807) is 12.3 Å². The van der Waals surface area contributed by atoms with Crippen molar-refractivity contribution in [3.63, 3.8) is 0 Å². The van der Waals surface area contributed by atoms with Crippen molar-refractivity contribution in [1.82, 2.24) is 15.3 Å². The number of nitrogens with two attached hydrogens (primary N) is 1. The minimum absolute atomic E-state index is 0.228. The maximum absolute atomic E-state index is 12.4. The van der Waals surface area contributed by atoms with E-state index < -0.39 is 6.09 Å². The molecule has 2 heterocycles. The first-order valence-electron chi connectivity index (χ1n) is 12.3. The van der Waals surface area contributed by atoms with E-state index in [9.17, 15) is 9.59 Å². The highest BCUT2D eigenvalue weighted by Crippen LogP contribution is 2.37. The monoisotopic (exact) mass is 531 g/mol. The van der Waals surface area contributed by atoms with Crippen molar-refractivity contribution in [2.75, 3.05) is 18.5 Å². The van der Waals surface area contributed by atoms with E-state index in [1.165, 1.54) is 0 Å². The van der Waals surface area contributed by atoms with Gasteiger partial charge in [0.15, 0.2) is 0 Å². The highest BCUT2D eigenvalue weighted by molar-refractivity contribution is 6.35. The number of benzene rings is 2. The topological polar surface area (TPSA) is 119 Å². The summed E-state index contributed by atoms with van der Waals surface area (Å²) in [5.41, 5.74) is 12.7. The number of fused-ring (bicyclic) bond motifs is 1. The minimum Gasteiger partial charge on any atom is -0.450 e. The second kappa shape index (κ2) is 11.9. The Kier molecular flexibility index (Phi) is 8.43. The molecule has 0 fully saturated rings. The fourth-order valence-corrected chi connectivity index (χ4v) is 4.25. The molecule has 2 amide bonds. The number of aromatic nitrogens is 2. The molecule has 0 aliphatic carbocycles. The van der Waals surface area contributed by atoms with E-state index in [0.717, 1.165) is 50.2 Å².